The fourth-order valence-corrected chi connectivity index (χ4v) is 11.2. The van der Waals surface area contributed by atoms with Gasteiger partial charge in [-0.2, -0.15) is 0 Å². The van der Waals surface area contributed by atoms with E-state index in [0.717, 1.165) is 0 Å². The molecule has 4 heterocycles. The second-order valence-electron chi connectivity index (χ2n) is 9.21. The van der Waals surface area contributed by atoms with Crippen molar-refractivity contribution in [1.29, 1.82) is 0 Å². The monoisotopic (exact) mass is 484 g/mol. The third-order valence-electron chi connectivity index (χ3n) is 7.28. The van der Waals surface area contributed by atoms with Crippen molar-refractivity contribution < 1.29 is 0 Å². The van der Waals surface area contributed by atoms with Crippen molar-refractivity contribution in [3.63, 3.8) is 0 Å². The highest BCUT2D eigenvalue weighted by Crippen LogP contribution is 2.54. The molecule has 8 rings (SSSR count). The highest BCUT2D eigenvalue weighted by atomic mass is 32.1. The van der Waals surface area contributed by atoms with Crippen molar-refractivity contribution in [2.75, 3.05) is 0 Å². The SMILES string of the molecule is Cc1cc2ccc3c(c2s1)CCc1c-3sc2c3c(sc12)-c1ccc2cc(C)sc2c1CC3. The number of aryl methyl sites for hydroxylation is 6. The summed E-state index contributed by atoms with van der Waals surface area (Å²) in [7, 11) is 0. The van der Waals surface area contributed by atoms with Gasteiger partial charge in [-0.1, -0.05) is 24.3 Å². The lowest BCUT2D eigenvalue weighted by atomic mass is 9.89. The smallest absolute Gasteiger partial charge is 0.0498 e. The zero-order valence-corrected chi connectivity index (χ0v) is 21.2. The molecule has 2 aliphatic rings. The Morgan fingerprint density at radius 2 is 0.938 bits per heavy atom. The van der Waals surface area contributed by atoms with Gasteiger partial charge in [0, 0.05) is 38.3 Å². The van der Waals surface area contributed by atoms with Crippen LogP contribution in [-0.2, 0) is 25.7 Å². The van der Waals surface area contributed by atoms with Crippen LogP contribution in [-0.4, -0.2) is 0 Å². The van der Waals surface area contributed by atoms with E-state index in [9.17, 15) is 0 Å². The van der Waals surface area contributed by atoms with Crippen LogP contribution in [0.4, 0.5) is 0 Å². The summed E-state index contributed by atoms with van der Waals surface area (Å²) >= 11 is 8.11. The molecule has 32 heavy (non-hydrogen) atoms. The van der Waals surface area contributed by atoms with Crippen LogP contribution in [0.5, 0.6) is 0 Å². The van der Waals surface area contributed by atoms with Gasteiger partial charge < -0.3 is 0 Å². The van der Waals surface area contributed by atoms with E-state index in [1.54, 1.807) is 41.4 Å². The van der Waals surface area contributed by atoms with Crippen molar-refractivity contribution in [3.8, 4) is 20.9 Å². The quantitative estimate of drug-likeness (QED) is 0.201. The van der Waals surface area contributed by atoms with E-state index in [2.05, 4.69) is 72.9 Å². The van der Waals surface area contributed by atoms with Gasteiger partial charge in [-0.15, -0.1) is 45.3 Å². The zero-order valence-electron chi connectivity index (χ0n) is 17.9. The lowest BCUT2D eigenvalue weighted by molar-refractivity contribution is 0.968. The maximum atomic E-state index is 2.40. The Balaban J connectivity index is 1.36. The van der Waals surface area contributed by atoms with E-state index < -0.39 is 0 Å². The van der Waals surface area contributed by atoms with E-state index in [-0.39, 0.29) is 0 Å². The van der Waals surface area contributed by atoms with E-state index >= 15 is 0 Å². The van der Waals surface area contributed by atoms with Crippen molar-refractivity contribution in [2.24, 2.45) is 0 Å². The van der Waals surface area contributed by atoms with Crippen LogP contribution in [0.2, 0.25) is 0 Å². The summed E-state index contributed by atoms with van der Waals surface area (Å²) in [6.07, 6.45) is 4.74. The van der Waals surface area contributed by atoms with E-state index in [0.29, 0.717) is 0 Å². The third kappa shape index (κ3) is 2.31. The maximum absolute atomic E-state index is 2.40. The van der Waals surface area contributed by atoms with Crippen LogP contribution in [0.15, 0.2) is 36.4 Å². The van der Waals surface area contributed by atoms with Gasteiger partial charge in [0.2, 0.25) is 0 Å². The van der Waals surface area contributed by atoms with Gasteiger partial charge >= 0.3 is 0 Å². The first-order valence-corrected chi connectivity index (χ1v) is 14.5. The molecule has 2 aromatic carbocycles. The van der Waals surface area contributed by atoms with Crippen LogP contribution in [0.1, 0.15) is 32.0 Å². The molecule has 156 valence electrons. The van der Waals surface area contributed by atoms with Gasteiger partial charge in [-0.25, -0.2) is 0 Å². The Kier molecular flexibility index (Phi) is 3.65. The molecule has 0 atom stereocenters. The summed E-state index contributed by atoms with van der Waals surface area (Å²) in [5.74, 6) is 0. The molecule has 4 aromatic heterocycles. The lowest BCUT2D eigenvalue weighted by Crippen LogP contribution is -2.01. The first kappa shape index (κ1) is 18.4. The second-order valence-corrected chi connectivity index (χ2v) is 13.8. The van der Waals surface area contributed by atoms with Crippen molar-refractivity contribution in [2.45, 2.75) is 39.5 Å². The average Bonchev–Trinajstić information content (AvgIpc) is 3.52. The molecule has 0 radical (unpaired) electrons. The van der Waals surface area contributed by atoms with E-state index in [1.165, 1.54) is 66.7 Å². The summed E-state index contributed by atoms with van der Waals surface area (Å²) in [5.41, 5.74) is 9.45. The summed E-state index contributed by atoms with van der Waals surface area (Å²) in [5, 5.41) is 2.86. The molecule has 0 fully saturated rings. The Morgan fingerprint density at radius 3 is 1.41 bits per heavy atom. The Hall–Kier alpha value is -1.98. The maximum Gasteiger partial charge on any atom is 0.0498 e. The van der Waals surface area contributed by atoms with Crippen LogP contribution in [0.25, 0.3) is 50.5 Å². The predicted octanol–water partition coefficient (Wildman–Crippen LogP) is 9.54. The molecule has 2 aliphatic carbocycles. The first-order valence-electron chi connectivity index (χ1n) is 11.3. The van der Waals surface area contributed by atoms with Crippen molar-refractivity contribution >= 4 is 74.9 Å². The topological polar surface area (TPSA) is 0 Å². The van der Waals surface area contributed by atoms with Crippen LogP contribution < -0.4 is 0 Å². The number of hydrogen-bond donors (Lipinski definition) is 0. The van der Waals surface area contributed by atoms with Gasteiger partial charge in [-0.05, 0) is 95.8 Å². The van der Waals surface area contributed by atoms with E-state index in [1.807, 2.05) is 22.7 Å². The van der Waals surface area contributed by atoms with Crippen LogP contribution >= 0.6 is 45.3 Å². The van der Waals surface area contributed by atoms with Crippen molar-refractivity contribution in [3.05, 3.63) is 68.4 Å². The van der Waals surface area contributed by atoms with Gasteiger partial charge in [0.1, 0.15) is 0 Å². The molecule has 0 saturated carbocycles. The fraction of sp³-hybridized carbons (Fsp3) is 0.214. The van der Waals surface area contributed by atoms with E-state index in [4.69, 9.17) is 0 Å². The Morgan fingerprint density at radius 1 is 0.500 bits per heavy atom. The zero-order chi connectivity index (χ0) is 21.1. The highest BCUT2D eigenvalue weighted by molar-refractivity contribution is 7.32. The van der Waals surface area contributed by atoms with Gasteiger partial charge in [0.15, 0.2) is 0 Å². The average molecular weight is 485 g/mol. The standard InChI is InChI=1S/C28H20S4/c1-13-11-15-3-5-19-17(23(15)29-13)7-9-21-25(19)31-28-22-10-8-18-20(26(22)32-27(21)28)6-4-16-12-14(2)30-24(16)18/h3-6,11-12H,7-10H2,1-2H3. The number of thiophene rings is 4. The molecule has 0 nitrogen and oxygen atoms in total. The number of benzene rings is 2. The molecule has 0 aliphatic heterocycles. The van der Waals surface area contributed by atoms with Crippen molar-refractivity contribution in [1.82, 2.24) is 0 Å². The second kappa shape index (κ2) is 6.32. The molecular formula is C28H20S4. The fourth-order valence-electron chi connectivity index (χ4n) is 5.91. The molecule has 4 heteroatoms. The molecule has 6 aromatic rings. The van der Waals surface area contributed by atoms with Gasteiger partial charge in [-0.3, -0.25) is 0 Å². The minimum absolute atomic E-state index is 1.18. The Labute approximate surface area is 202 Å². The first-order chi connectivity index (χ1) is 15.7. The largest absolute Gasteiger partial charge is 0.140 e. The Bertz CT molecular complexity index is 1620. The van der Waals surface area contributed by atoms with Gasteiger partial charge in [0.25, 0.3) is 0 Å². The highest BCUT2D eigenvalue weighted by Gasteiger charge is 2.29. The molecule has 0 spiro atoms. The number of rotatable bonds is 0. The summed E-state index contributed by atoms with van der Waals surface area (Å²) < 4.78 is 6.21. The van der Waals surface area contributed by atoms with Crippen LogP contribution in [0, 0.1) is 13.8 Å². The minimum Gasteiger partial charge on any atom is -0.140 e. The van der Waals surface area contributed by atoms with Crippen LogP contribution in [0.3, 0.4) is 0 Å². The van der Waals surface area contributed by atoms with Gasteiger partial charge in [0.05, 0.1) is 0 Å². The molecule has 0 N–H and O–H groups in total. The molecule has 0 amide bonds. The molecular weight excluding hydrogens is 465 g/mol. The molecule has 0 bridgehead atoms. The summed E-state index contributed by atoms with van der Waals surface area (Å²) in [6, 6.07) is 14.2. The summed E-state index contributed by atoms with van der Waals surface area (Å²) in [4.78, 5) is 5.96. The normalized spacial score (nSPS) is 14.7. The lowest BCUT2D eigenvalue weighted by Gasteiger charge is -2.18. The third-order valence-corrected chi connectivity index (χ3v) is 12.3. The number of hydrogen-bond acceptors (Lipinski definition) is 4. The predicted molar refractivity (Wildman–Crippen MR) is 146 cm³/mol. The molecule has 0 saturated heterocycles. The number of fused-ring (bicyclic) bond motifs is 13. The summed E-state index contributed by atoms with van der Waals surface area (Å²) in [6.45, 7) is 4.48. The minimum atomic E-state index is 1.18. The molecule has 0 unspecified atom stereocenters.